The van der Waals surface area contributed by atoms with Gasteiger partial charge in [0, 0.05) is 0 Å². The fourth-order valence-electron chi connectivity index (χ4n) is 2.14. The second kappa shape index (κ2) is 4.59. The molecule has 6 nitrogen and oxygen atoms in total. The van der Waals surface area contributed by atoms with Gasteiger partial charge in [0.05, 0.1) is 11.0 Å². The highest BCUT2D eigenvalue weighted by molar-refractivity contribution is 5.95. The first-order valence-electron chi connectivity index (χ1n) is 6.03. The largest absolute Gasteiger partial charge is 0.479 e. The minimum Gasteiger partial charge on any atom is -0.479 e. The van der Waals surface area contributed by atoms with Crippen molar-refractivity contribution in [1.29, 1.82) is 0 Å². The molecule has 0 saturated carbocycles. The monoisotopic (exact) mass is 272 g/mol. The number of hydrogen-bond acceptors (Lipinski definition) is 4. The number of aliphatic hydroxyl groups is 2. The Balaban J connectivity index is 2.10. The molecule has 0 aliphatic rings. The van der Waals surface area contributed by atoms with Gasteiger partial charge in [-0.05, 0) is 22.9 Å². The van der Waals surface area contributed by atoms with E-state index in [-0.39, 0.29) is 5.82 Å². The predicted molar refractivity (Wildman–Crippen MR) is 72.2 cm³/mol. The van der Waals surface area contributed by atoms with Crippen LogP contribution in [0.25, 0.3) is 21.8 Å². The van der Waals surface area contributed by atoms with Gasteiger partial charge in [-0.3, -0.25) is 0 Å². The second-order valence-electron chi connectivity index (χ2n) is 4.57. The maximum Gasteiger partial charge on any atom is 0.335 e. The summed E-state index contributed by atoms with van der Waals surface area (Å²) in [5.74, 6) is -1.46. The third kappa shape index (κ3) is 2.01. The van der Waals surface area contributed by atoms with Gasteiger partial charge >= 0.3 is 5.97 Å². The highest BCUT2D eigenvalue weighted by Gasteiger charge is 2.27. The van der Waals surface area contributed by atoms with Crippen LogP contribution in [0.15, 0.2) is 36.4 Å². The quantitative estimate of drug-likeness (QED) is 0.573. The van der Waals surface area contributed by atoms with Crippen LogP contribution < -0.4 is 0 Å². The smallest absolute Gasteiger partial charge is 0.335 e. The zero-order valence-corrected chi connectivity index (χ0v) is 10.3. The molecule has 3 rings (SSSR count). The Hall–Kier alpha value is -2.44. The number of aromatic nitrogens is 2. The summed E-state index contributed by atoms with van der Waals surface area (Å²) in [5, 5.41) is 29.8. The van der Waals surface area contributed by atoms with E-state index in [1.807, 2.05) is 36.4 Å². The minimum atomic E-state index is -1.91. The van der Waals surface area contributed by atoms with E-state index in [1.165, 1.54) is 0 Å². The molecule has 0 aliphatic heterocycles. The lowest BCUT2D eigenvalue weighted by Crippen LogP contribution is -2.28. The van der Waals surface area contributed by atoms with Gasteiger partial charge in [-0.1, -0.05) is 24.3 Å². The summed E-state index contributed by atoms with van der Waals surface area (Å²) in [5.41, 5.74) is 1.28. The van der Waals surface area contributed by atoms with Crippen molar-refractivity contribution in [2.45, 2.75) is 12.2 Å². The number of benzene rings is 2. The number of nitrogens with one attached hydrogen (secondary N) is 1. The van der Waals surface area contributed by atoms with Gasteiger partial charge in [0.25, 0.3) is 0 Å². The summed E-state index contributed by atoms with van der Waals surface area (Å²) in [4.78, 5) is 17.6. The first kappa shape index (κ1) is 12.6. The summed E-state index contributed by atoms with van der Waals surface area (Å²) in [6.45, 7) is 0. The molecule has 1 heterocycles. The van der Waals surface area contributed by atoms with Crippen LogP contribution in [-0.2, 0) is 4.79 Å². The molecular weight excluding hydrogens is 260 g/mol. The number of carbonyl (C=O) groups is 1. The molecule has 0 saturated heterocycles. The lowest BCUT2D eigenvalue weighted by Gasteiger charge is -2.10. The second-order valence-corrected chi connectivity index (χ2v) is 4.57. The topological polar surface area (TPSA) is 106 Å². The Kier molecular flexibility index (Phi) is 2.89. The Morgan fingerprint density at radius 2 is 1.80 bits per heavy atom. The van der Waals surface area contributed by atoms with Gasteiger partial charge in [0.2, 0.25) is 0 Å². The molecule has 0 radical (unpaired) electrons. The summed E-state index contributed by atoms with van der Waals surface area (Å²) >= 11 is 0. The summed E-state index contributed by atoms with van der Waals surface area (Å²) in [6.07, 6.45) is -3.51. The van der Waals surface area contributed by atoms with E-state index in [9.17, 15) is 15.0 Å². The van der Waals surface area contributed by atoms with Gasteiger partial charge in [0.1, 0.15) is 11.9 Å². The number of imidazole rings is 1. The highest BCUT2D eigenvalue weighted by atomic mass is 16.4. The first-order chi connectivity index (χ1) is 9.56. The van der Waals surface area contributed by atoms with Crippen LogP contribution in [-0.4, -0.2) is 37.4 Å². The molecule has 4 N–H and O–H groups in total. The van der Waals surface area contributed by atoms with Crippen molar-refractivity contribution in [1.82, 2.24) is 9.97 Å². The Labute approximate surface area is 113 Å². The molecule has 0 spiro atoms. The van der Waals surface area contributed by atoms with E-state index in [0.29, 0.717) is 11.0 Å². The van der Waals surface area contributed by atoms with Gasteiger partial charge in [-0.2, -0.15) is 0 Å². The third-order valence-corrected chi connectivity index (χ3v) is 3.20. The molecule has 1 aromatic heterocycles. The predicted octanol–water partition coefficient (Wildman–Crippen LogP) is 1.20. The third-order valence-electron chi connectivity index (χ3n) is 3.20. The standard InChI is InChI=1S/C14H12N2O4/c17-11(12(18)14(19)20)13-15-9-5-7-3-1-2-4-8(7)6-10(9)16-13/h1-6,11-12,17-18H,(H,15,16)(H,19,20)/t11-,12-/m1/s1. The molecule has 0 amide bonds. The van der Waals surface area contributed by atoms with Crippen molar-refractivity contribution < 1.29 is 20.1 Å². The number of aromatic amines is 1. The lowest BCUT2D eigenvalue weighted by atomic mass is 10.1. The van der Waals surface area contributed by atoms with Crippen molar-refractivity contribution in [3.63, 3.8) is 0 Å². The van der Waals surface area contributed by atoms with Crippen molar-refractivity contribution >= 4 is 27.8 Å². The van der Waals surface area contributed by atoms with Gasteiger partial charge in [-0.25, -0.2) is 9.78 Å². The van der Waals surface area contributed by atoms with Crippen LogP contribution in [0.1, 0.15) is 11.9 Å². The van der Waals surface area contributed by atoms with Crippen molar-refractivity contribution in [2.75, 3.05) is 0 Å². The number of aliphatic hydroxyl groups excluding tert-OH is 2. The number of H-pyrrole nitrogens is 1. The molecule has 20 heavy (non-hydrogen) atoms. The average molecular weight is 272 g/mol. The fourth-order valence-corrected chi connectivity index (χ4v) is 2.14. The summed E-state index contributed by atoms with van der Waals surface area (Å²) < 4.78 is 0. The van der Waals surface area contributed by atoms with Gasteiger partial charge in [-0.15, -0.1) is 0 Å². The van der Waals surface area contributed by atoms with Crippen LogP contribution in [0.5, 0.6) is 0 Å². The van der Waals surface area contributed by atoms with Crippen molar-refractivity contribution in [3.8, 4) is 0 Å². The SMILES string of the molecule is O=C(O)[C@H](O)[C@@H](O)c1nc2cc3ccccc3cc2[nH]1. The van der Waals surface area contributed by atoms with Crippen LogP contribution in [0.3, 0.4) is 0 Å². The van der Waals surface area contributed by atoms with E-state index in [1.54, 1.807) is 0 Å². The average Bonchev–Trinajstić information content (AvgIpc) is 2.85. The van der Waals surface area contributed by atoms with Crippen molar-refractivity contribution in [2.24, 2.45) is 0 Å². The first-order valence-corrected chi connectivity index (χ1v) is 6.03. The molecule has 2 atom stereocenters. The Bertz CT molecular complexity index is 744. The highest BCUT2D eigenvalue weighted by Crippen LogP contribution is 2.23. The van der Waals surface area contributed by atoms with Crippen LogP contribution in [0.2, 0.25) is 0 Å². The fraction of sp³-hybridized carbons (Fsp3) is 0.143. The zero-order chi connectivity index (χ0) is 14.3. The maximum absolute atomic E-state index is 10.7. The summed E-state index contributed by atoms with van der Waals surface area (Å²) in [6, 6.07) is 11.4. The minimum absolute atomic E-state index is 0.0326. The molecule has 6 heteroatoms. The molecule has 102 valence electrons. The van der Waals surface area contributed by atoms with E-state index in [0.717, 1.165) is 10.8 Å². The Morgan fingerprint density at radius 3 is 2.45 bits per heavy atom. The van der Waals surface area contributed by atoms with Crippen LogP contribution in [0, 0.1) is 0 Å². The number of nitrogens with zero attached hydrogens (tertiary/aromatic N) is 1. The molecule has 0 aliphatic carbocycles. The molecular formula is C14H12N2O4. The number of aliphatic carboxylic acids is 1. The van der Waals surface area contributed by atoms with Crippen molar-refractivity contribution in [3.05, 3.63) is 42.2 Å². The normalized spacial score (nSPS) is 14.5. The molecule has 0 bridgehead atoms. The maximum atomic E-state index is 10.7. The molecule has 3 aromatic rings. The molecule has 0 unspecified atom stereocenters. The number of fused-ring (bicyclic) bond motifs is 2. The van der Waals surface area contributed by atoms with Gasteiger partial charge in [0.15, 0.2) is 6.10 Å². The van der Waals surface area contributed by atoms with E-state index in [2.05, 4.69) is 9.97 Å². The number of rotatable bonds is 3. The number of carboxylic acid groups (broad SMARTS) is 1. The van der Waals surface area contributed by atoms with Crippen LogP contribution in [0.4, 0.5) is 0 Å². The van der Waals surface area contributed by atoms with Crippen LogP contribution >= 0.6 is 0 Å². The molecule has 0 fully saturated rings. The van der Waals surface area contributed by atoms with Gasteiger partial charge < -0.3 is 20.3 Å². The van der Waals surface area contributed by atoms with E-state index >= 15 is 0 Å². The van der Waals surface area contributed by atoms with E-state index < -0.39 is 18.2 Å². The number of hydrogen-bond donors (Lipinski definition) is 4. The lowest BCUT2D eigenvalue weighted by molar-refractivity contribution is -0.153. The molecule has 2 aromatic carbocycles. The summed E-state index contributed by atoms with van der Waals surface area (Å²) in [7, 11) is 0. The number of carboxylic acids is 1. The van der Waals surface area contributed by atoms with E-state index in [4.69, 9.17) is 5.11 Å². The Morgan fingerprint density at radius 1 is 1.15 bits per heavy atom. The zero-order valence-electron chi connectivity index (χ0n) is 10.3.